The van der Waals surface area contributed by atoms with Crippen molar-refractivity contribution in [3.63, 3.8) is 0 Å². The number of piperidine rings is 1. The summed E-state index contributed by atoms with van der Waals surface area (Å²) in [5, 5.41) is 3.74. The van der Waals surface area contributed by atoms with E-state index < -0.39 is 10.0 Å². The monoisotopic (exact) mass is 474 g/mol. The van der Waals surface area contributed by atoms with Crippen LogP contribution in [0.5, 0.6) is 0 Å². The minimum absolute atomic E-state index is 0.0185. The topological polar surface area (TPSA) is 66.5 Å². The number of aryl methyl sites for hydroxylation is 2. The van der Waals surface area contributed by atoms with Crippen LogP contribution in [0.3, 0.4) is 0 Å². The Balaban J connectivity index is 1.30. The Morgan fingerprint density at radius 2 is 1.72 bits per heavy atom. The standard InChI is InChI=1S/C25H31ClN2O3S/c1-18(22-9-8-20-4-2-3-5-23(20)16-22)27-25(29)21-12-14-28(15-13-21)32(30,31)17-19-6-10-24(26)11-7-19/h6-11,16,18,21H,2-5,12-15,17H2,1H3,(H,27,29)/t18-/m0/s1. The average Bonchev–Trinajstić information content (AvgIpc) is 2.80. The summed E-state index contributed by atoms with van der Waals surface area (Å²) in [6, 6.07) is 13.4. The quantitative estimate of drug-likeness (QED) is 0.663. The number of benzene rings is 2. The molecule has 1 heterocycles. The molecular weight excluding hydrogens is 444 g/mol. The molecule has 1 saturated heterocycles. The number of amides is 1. The van der Waals surface area contributed by atoms with Gasteiger partial charge in [0, 0.05) is 24.0 Å². The van der Waals surface area contributed by atoms with Crippen molar-refractivity contribution in [1.29, 1.82) is 0 Å². The predicted molar refractivity (Wildman–Crippen MR) is 128 cm³/mol. The van der Waals surface area contributed by atoms with Crippen molar-refractivity contribution >= 4 is 27.5 Å². The highest BCUT2D eigenvalue weighted by molar-refractivity contribution is 7.88. The molecule has 0 bridgehead atoms. The molecule has 0 spiro atoms. The van der Waals surface area contributed by atoms with E-state index >= 15 is 0 Å². The van der Waals surface area contributed by atoms with Gasteiger partial charge < -0.3 is 5.32 Å². The van der Waals surface area contributed by atoms with Gasteiger partial charge >= 0.3 is 0 Å². The van der Waals surface area contributed by atoms with Crippen LogP contribution in [0, 0.1) is 5.92 Å². The summed E-state index contributed by atoms with van der Waals surface area (Å²) in [7, 11) is -3.41. The molecule has 0 saturated carbocycles. The van der Waals surface area contributed by atoms with Crippen LogP contribution in [-0.2, 0) is 33.4 Å². The first kappa shape index (κ1) is 23.3. The van der Waals surface area contributed by atoms with E-state index in [9.17, 15) is 13.2 Å². The van der Waals surface area contributed by atoms with Crippen LogP contribution < -0.4 is 5.32 Å². The third kappa shape index (κ3) is 5.53. The van der Waals surface area contributed by atoms with E-state index in [0.717, 1.165) is 18.4 Å². The molecular formula is C25H31ClN2O3S. The van der Waals surface area contributed by atoms with Crippen LogP contribution in [0.25, 0.3) is 0 Å². The molecule has 4 rings (SSSR count). The van der Waals surface area contributed by atoms with Crippen LogP contribution in [0.1, 0.15) is 60.9 Å². The molecule has 1 N–H and O–H groups in total. The first-order valence-electron chi connectivity index (χ1n) is 11.5. The number of halogens is 1. The van der Waals surface area contributed by atoms with Crippen molar-refractivity contribution < 1.29 is 13.2 Å². The smallest absolute Gasteiger partial charge is 0.223 e. The Hall–Kier alpha value is -1.89. The molecule has 0 radical (unpaired) electrons. The number of fused-ring (bicyclic) bond motifs is 1. The molecule has 32 heavy (non-hydrogen) atoms. The van der Waals surface area contributed by atoms with Gasteiger partial charge in [-0.05, 0) is 79.8 Å². The zero-order valence-electron chi connectivity index (χ0n) is 18.5. The van der Waals surface area contributed by atoms with Gasteiger partial charge in [0.15, 0.2) is 0 Å². The van der Waals surface area contributed by atoms with E-state index in [2.05, 4.69) is 23.5 Å². The van der Waals surface area contributed by atoms with Crippen LogP contribution in [0.2, 0.25) is 5.02 Å². The molecule has 2 aromatic rings. The highest BCUT2D eigenvalue weighted by Gasteiger charge is 2.31. The fourth-order valence-corrected chi connectivity index (χ4v) is 6.41. The van der Waals surface area contributed by atoms with Gasteiger partial charge in [-0.3, -0.25) is 4.79 Å². The van der Waals surface area contributed by atoms with E-state index in [1.165, 1.54) is 28.3 Å². The zero-order chi connectivity index (χ0) is 22.7. The molecule has 7 heteroatoms. The van der Waals surface area contributed by atoms with Gasteiger partial charge in [-0.15, -0.1) is 0 Å². The lowest BCUT2D eigenvalue weighted by molar-refractivity contribution is -0.126. The van der Waals surface area contributed by atoms with E-state index in [1.807, 2.05) is 6.92 Å². The van der Waals surface area contributed by atoms with Gasteiger partial charge in [-0.25, -0.2) is 12.7 Å². The fraction of sp³-hybridized carbons (Fsp3) is 0.480. The van der Waals surface area contributed by atoms with E-state index in [1.54, 1.807) is 24.3 Å². The van der Waals surface area contributed by atoms with Crippen molar-refractivity contribution in [3.8, 4) is 0 Å². The van der Waals surface area contributed by atoms with Gasteiger partial charge in [0.1, 0.15) is 0 Å². The molecule has 1 amide bonds. The second-order valence-electron chi connectivity index (χ2n) is 9.02. The third-order valence-electron chi connectivity index (χ3n) is 6.71. The maximum Gasteiger partial charge on any atom is 0.223 e. The Kier molecular flexibility index (Phi) is 7.23. The number of carbonyl (C=O) groups is 1. The first-order chi connectivity index (χ1) is 15.3. The maximum absolute atomic E-state index is 12.9. The number of sulfonamides is 1. The molecule has 2 aromatic carbocycles. The van der Waals surface area contributed by atoms with Crippen LogP contribution in [0.15, 0.2) is 42.5 Å². The number of nitrogens with zero attached hydrogens (tertiary/aromatic N) is 1. The Labute approximate surface area is 196 Å². The second kappa shape index (κ2) is 9.94. The second-order valence-corrected chi connectivity index (χ2v) is 11.4. The number of hydrogen-bond acceptors (Lipinski definition) is 3. The lowest BCUT2D eigenvalue weighted by Crippen LogP contribution is -2.43. The van der Waals surface area contributed by atoms with E-state index in [-0.39, 0.29) is 23.6 Å². The number of carbonyl (C=O) groups excluding carboxylic acids is 1. The maximum atomic E-state index is 12.9. The van der Waals surface area contributed by atoms with Gasteiger partial charge in [-0.2, -0.15) is 0 Å². The van der Waals surface area contributed by atoms with Crippen molar-refractivity contribution in [3.05, 3.63) is 69.7 Å². The minimum Gasteiger partial charge on any atom is -0.349 e. The normalized spacial score (nSPS) is 18.7. The van der Waals surface area contributed by atoms with Gasteiger partial charge in [-0.1, -0.05) is 41.9 Å². The van der Waals surface area contributed by atoms with Crippen molar-refractivity contribution in [2.24, 2.45) is 5.92 Å². The third-order valence-corrected chi connectivity index (χ3v) is 8.81. The molecule has 2 aliphatic rings. The Morgan fingerprint density at radius 1 is 1.06 bits per heavy atom. The van der Waals surface area contributed by atoms with Crippen molar-refractivity contribution in [2.75, 3.05) is 13.1 Å². The number of rotatable bonds is 6. The van der Waals surface area contributed by atoms with Crippen molar-refractivity contribution in [1.82, 2.24) is 9.62 Å². The summed E-state index contributed by atoms with van der Waals surface area (Å²) in [5.74, 6) is -0.182. The summed E-state index contributed by atoms with van der Waals surface area (Å²) in [6.07, 6.45) is 5.84. The first-order valence-corrected chi connectivity index (χ1v) is 13.4. The summed E-state index contributed by atoms with van der Waals surface area (Å²) >= 11 is 5.89. The van der Waals surface area contributed by atoms with Crippen LogP contribution in [0.4, 0.5) is 0 Å². The number of nitrogens with one attached hydrogen (secondary N) is 1. The fourth-order valence-electron chi connectivity index (χ4n) is 4.72. The molecule has 1 atom stereocenters. The highest BCUT2D eigenvalue weighted by atomic mass is 35.5. The Bertz CT molecular complexity index is 1060. The summed E-state index contributed by atoms with van der Waals surface area (Å²) < 4.78 is 27.1. The van der Waals surface area contributed by atoms with Crippen molar-refractivity contribution in [2.45, 2.75) is 57.2 Å². The molecule has 5 nitrogen and oxygen atoms in total. The molecule has 0 unspecified atom stereocenters. The van der Waals surface area contributed by atoms with Gasteiger partial charge in [0.05, 0.1) is 11.8 Å². The summed E-state index contributed by atoms with van der Waals surface area (Å²) in [5.41, 5.74) is 4.70. The molecule has 0 aromatic heterocycles. The van der Waals surface area contributed by atoms with E-state index in [4.69, 9.17) is 11.6 Å². The lowest BCUT2D eigenvalue weighted by Gasteiger charge is -2.31. The number of hydrogen-bond donors (Lipinski definition) is 1. The highest BCUT2D eigenvalue weighted by Crippen LogP contribution is 2.26. The SMILES string of the molecule is C[C@H](NC(=O)C1CCN(S(=O)(=O)Cc2ccc(Cl)cc2)CC1)c1ccc2c(c1)CCCC2. The van der Waals surface area contributed by atoms with Crippen LogP contribution in [-0.4, -0.2) is 31.7 Å². The summed E-state index contributed by atoms with van der Waals surface area (Å²) in [6.45, 7) is 2.77. The molecule has 1 fully saturated rings. The zero-order valence-corrected chi connectivity index (χ0v) is 20.1. The average molecular weight is 475 g/mol. The minimum atomic E-state index is -3.41. The Morgan fingerprint density at radius 3 is 2.41 bits per heavy atom. The van der Waals surface area contributed by atoms with Gasteiger partial charge in [0.2, 0.25) is 15.9 Å². The summed E-state index contributed by atoms with van der Waals surface area (Å²) in [4.78, 5) is 12.9. The molecule has 172 valence electrons. The van der Waals surface area contributed by atoms with Crippen LogP contribution >= 0.6 is 11.6 Å². The van der Waals surface area contributed by atoms with E-state index in [0.29, 0.717) is 36.5 Å². The predicted octanol–water partition coefficient (Wildman–Crippen LogP) is 4.64. The molecule has 1 aliphatic carbocycles. The molecule has 1 aliphatic heterocycles. The largest absolute Gasteiger partial charge is 0.349 e. The van der Waals surface area contributed by atoms with Gasteiger partial charge in [0.25, 0.3) is 0 Å². The lowest BCUT2D eigenvalue weighted by atomic mass is 9.89.